The zero-order chi connectivity index (χ0) is 16.2. The number of alkyl halides is 3. The first-order valence-electron chi connectivity index (χ1n) is 6.53. The Labute approximate surface area is 142 Å². The number of anilines is 1. The van der Waals surface area contributed by atoms with E-state index in [9.17, 15) is 13.2 Å². The Balaban J connectivity index is 0.00000264. The van der Waals surface area contributed by atoms with Crippen molar-refractivity contribution in [1.82, 2.24) is 9.88 Å². The molecular formula is C14H17ClF3N3OS. The van der Waals surface area contributed by atoms with Gasteiger partial charge in [-0.25, -0.2) is 4.98 Å². The highest BCUT2D eigenvalue weighted by Gasteiger charge is 2.29. The first kappa shape index (κ1) is 19.5. The molecule has 23 heavy (non-hydrogen) atoms. The predicted octanol–water partition coefficient (Wildman–Crippen LogP) is 3.68. The topological polar surface area (TPSA) is 51.4 Å². The van der Waals surface area contributed by atoms with Gasteiger partial charge >= 0.3 is 6.18 Å². The van der Waals surface area contributed by atoms with E-state index in [2.05, 4.69) is 4.98 Å². The lowest BCUT2D eigenvalue weighted by Gasteiger charge is -2.16. The number of hydrogen-bond donors (Lipinski definition) is 1. The summed E-state index contributed by atoms with van der Waals surface area (Å²) in [6.07, 6.45) is -2.59. The summed E-state index contributed by atoms with van der Waals surface area (Å²) in [5.74, 6) is 0.420. The molecule has 0 bridgehead atoms. The highest BCUT2D eigenvalue weighted by molar-refractivity contribution is 7.15. The molecule has 1 aromatic heterocycles. The van der Waals surface area contributed by atoms with E-state index in [1.54, 1.807) is 6.20 Å². The molecule has 0 fully saturated rings. The Hall–Kier alpha value is -1.51. The third-order valence-corrected chi connectivity index (χ3v) is 3.73. The van der Waals surface area contributed by atoms with Crippen LogP contribution in [0.5, 0.6) is 5.75 Å². The highest BCUT2D eigenvalue weighted by atomic mass is 35.5. The molecule has 128 valence electrons. The molecule has 2 aromatic rings. The maximum Gasteiger partial charge on any atom is 0.416 e. The van der Waals surface area contributed by atoms with E-state index >= 15 is 0 Å². The number of rotatable bonds is 6. The number of aromatic nitrogens is 1. The SMILES string of the molecule is CN(CCOc1ccc(C(F)(F)F)cc1)Cc1cnc(N)s1.Cl. The Bertz CT molecular complexity index is 604. The summed E-state index contributed by atoms with van der Waals surface area (Å²) in [6, 6.07) is 4.68. The van der Waals surface area contributed by atoms with Crippen LogP contribution >= 0.6 is 23.7 Å². The van der Waals surface area contributed by atoms with E-state index in [0.29, 0.717) is 30.6 Å². The van der Waals surface area contributed by atoms with Gasteiger partial charge in [-0.1, -0.05) is 0 Å². The van der Waals surface area contributed by atoms with E-state index in [1.807, 2.05) is 11.9 Å². The van der Waals surface area contributed by atoms with Crippen LogP contribution in [0.1, 0.15) is 10.4 Å². The maximum atomic E-state index is 12.4. The van der Waals surface area contributed by atoms with Crippen molar-refractivity contribution in [2.24, 2.45) is 0 Å². The summed E-state index contributed by atoms with van der Waals surface area (Å²) < 4.78 is 42.7. The molecule has 0 aliphatic heterocycles. The highest BCUT2D eigenvalue weighted by Crippen LogP contribution is 2.30. The van der Waals surface area contributed by atoms with Crippen molar-refractivity contribution in [3.63, 3.8) is 0 Å². The summed E-state index contributed by atoms with van der Waals surface area (Å²) >= 11 is 1.43. The molecule has 0 saturated heterocycles. The molecule has 0 atom stereocenters. The molecular weight excluding hydrogens is 351 g/mol. The summed E-state index contributed by atoms with van der Waals surface area (Å²) in [6.45, 7) is 1.72. The van der Waals surface area contributed by atoms with Crippen LogP contribution in [0, 0.1) is 0 Å². The van der Waals surface area contributed by atoms with Gasteiger partial charge in [0, 0.05) is 24.2 Å². The molecule has 1 heterocycles. The minimum atomic E-state index is -4.32. The number of ether oxygens (including phenoxy) is 1. The minimum absolute atomic E-state index is 0. The molecule has 2 N–H and O–H groups in total. The van der Waals surface area contributed by atoms with Crippen LogP contribution < -0.4 is 10.5 Å². The van der Waals surface area contributed by atoms with Gasteiger partial charge < -0.3 is 10.5 Å². The zero-order valence-corrected chi connectivity index (χ0v) is 14.0. The van der Waals surface area contributed by atoms with Gasteiger partial charge in [-0.3, -0.25) is 4.90 Å². The summed E-state index contributed by atoms with van der Waals surface area (Å²) in [5.41, 5.74) is 4.88. The lowest BCUT2D eigenvalue weighted by atomic mass is 10.2. The van der Waals surface area contributed by atoms with Crippen LogP contribution in [0.4, 0.5) is 18.3 Å². The minimum Gasteiger partial charge on any atom is -0.492 e. The van der Waals surface area contributed by atoms with Crippen LogP contribution in [0.25, 0.3) is 0 Å². The van der Waals surface area contributed by atoms with Gasteiger partial charge in [0.15, 0.2) is 5.13 Å². The molecule has 0 spiro atoms. The van der Waals surface area contributed by atoms with Crippen LogP contribution in [-0.2, 0) is 12.7 Å². The second-order valence-corrected chi connectivity index (χ2v) is 5.92. The lowest BCUT2D eigenvalue weighted by molar-refractivity contribution is -0.137. The Kier molecular flexibility index (Phi) is 7.11. The van der Waals surface area contributed by atoms with Gasteiger partial charge in [-0.15, -0.1) is 23.7 Å². The van der Waals surface area contributed by atoms with Crippen molar-refractivity contribution >= 4 is 28.9 Å². The monoisotopic (exact) mass is 367 g/mol. The van der Waals surface area contributed by atoms with Gasteiger partial charge in [0.25, 0.3) is 0 Å². The van der Waals surface area contributed by atoms with Crippen LogP contribution in [0.2, 0.25) is 0 Å². The van der Waals surface area contributed by atoms with Gasteiger partial charge in [0.05, 0.1) is 5.56 Å². The van der Waals surface area contributed by atoms with Gasteiger partial charge in [-0.05, 0) is 31.3 Å². The number of hydrogen-bond acceptors (Lipinski definition) is 5. The third kappa shape index (κ3) is 6.25. The maximum absolute atomic E-state index is 12.4. The van der Waals surface area contributed by atoms with Crippen LogP contribution in [-0.4, -0.2) is 30.1 Å². The summed E-state index contributed by atoms with van der Waals surface area (Å²) in [5, 5.41) is 0.532. The van der Waals surface area contributed by atoms with Crippen molar-refractivity contribution in [3.05, 3.63) is 40.9 Å². The molecule has 0 radical (unpaired) electrons. The third-order valence-electron chi connectivity index (χ3n) is 2.92. The van der Waals surface area contributed by atoms with E-state index in [4.69, 9.17) is 10.5 Å². The second kappa shape index (κ2) is 8.37. The van der Waals surface area contributed by atoms with Gasteiger partial charge in [0.1, 0.15) is 12.4 Å². The molecule has 0 aliphatic carbocycles. The average molecular weight is 368 g/mol. The molecule has 0 unspecified atom stereocenters. The summed E-state index contributed by atoms with van der Waals surface area (Å²) in [7, 11) is 1.92. The average Bonchev–Trinajstić information content (AvgIpc) is 2.83. The second-order valence-electron chi connectivity index (χ2n) is 4.77. The largest absolute Gasteiger partial charge is 0.492 e. The lowest BCUT2D eigenvalue weighted by Crippen LogP contribution is -2.23. The molecule has 4 nitrogen and oxygen atoms in total. The number of nitrogens with two attached hydrogens (primary N) is 1. The number of benzene rings is 1. The normalized spacial score (nSPS) is 11.3. The summed E-state index contributed by atoms with van der Waals surface area (Å²) in [4.78, 5) is 7.05. The van der Waals surface area contributed by atoms with E-state index in [0.717, 1.165) is 17.0 Å². The molecule has 9 heteroatoms. The van der Waals surface area contributed by atoms with Crippen molar-refractivity contribution in [2.75, 3.05) is 25.9 Å². The van der Waals surface area contributed by atoms with Crippen LogP contribution in [0.15, 0.2) is 30.5 Å². The number of nitrogen functional groups attached to an aromatic ring is 1. The predicted molar refractivity (Wildman–Crippen MR) is 87.0 cm³/mol. The number of likely N-dealkylation sites (N-methyl/N-ethyl adjacent to an activating group) is 1. The molecule has 0 aliphatic rings. The first-order valence-corrected chi connectivity index (χ1v) is 7.35. The first-order chi connectivity index (χ1) is 10.3. The number of thiazole rings is 1. The number of nitrogens with zero attached hydrogens (tertiary/aromatic N) is 2. The van der Waals surface area contributed by atoms with Crippen molar-refractivity contribution < 1.29 is 17.9 Å². The van der Waals surface area contributed by atoms with Gasteiger partial charge in [0.2, 0.25) is 0 Å². The van der Waals surface area contributed by atoms with Crippen LogP contribution in [0.3, 0.4) is 0 Å². The molecule has 1 aromatic carbocycles. The Morgan fingerprint density at radius 1 is 1.26 bits per heavy atom. The quantitative estimate of drug-likeness (QED) is 0.846. The fourth-order valence-corrected chi connectivity index (χ4v) is 2.56. The standard InChI is InChI=1S/C14H16F3N3OS.ClH/c1-20(9-12-8-19-13(18)22-12)6-7-21-11-4-2-10(3-5-11)14(15,16)17;/h2-5,8H,6-7,9H2,1H3,(H2,18,19);1H. The molecule has 2 rings (SSSR count). The number of halogens is 4. The Morgan fingerprint density at radius 3 is 2.43 bits per heavy atom. The molecule has 0 amide bonds. The smallest absolute Gasteiger partial charge is 0.416 e. The zero-order valence-electron chi connectivity index (χ0n) is 12.3. The van der Waals surface area contributed by atoms with Crippen molar-refractivity contribution in [2.45, 2.75) is 12.7 Å². The van der Waals surface area contributed by atoms with E-state index < -0.39 is 11.7 Å². The van der Waals surface area contributed by atoms with Crippen molar-refractivity contribution in [3.8, 4) is 5.75 Å². The Morgan fingerprint density at radius 2 is 1.91 bits per heavy atom. The van der Waals surface area contributed by atoms with Crippen molar-refractivity contribution in [1.29, 1.82) is 0 Å². The van der Waals surface area contributed by atoms with E-state index in [1.165, 1.54) is 23.5 Å². The van der Waals surface area contributed by atoms with Gasteiger partial charge in [-0.2, -0.15) is 13.2 Å². The fourth-order valence-electron chi connectivity index (χ4n) is 1.80. The fraction of sp³-hybridized carbons (Fsp3) is 0.357. The van der Waals surface area contributed by atoms with E-state index in [-0.39, 0.29) is 12.4 Å². The molecule has 0 saturated carbocycles.